The minimum Gasteiger partial charge on any atom is -0.457 e. The van der Waals surface area contributed by atoms with Crippen molar-refractivity contribution in [3.05, 3.63) is 147 Å². The number of esters is 5. The third kappa shape index (κ3) is 16.0. The van der Waals surface area contributed by atoms with Crippen LogP contribution in [0.25, 0.3) is 21.5 Å². The molecule has 77 heavy (non-hydrogen) atoms. The van der Waals surface area contributed by atoms with Crippen molar-refractivity contribution < 1.29 is 86.5 Å². The van der Waals surface area contributed by atoms with E-state index in [0.717, 1.165) is 37.8 Å². The van der Waals surface area contributed by atoms with Crippen LogP contribution < -0.4 is 38.3 Å². The number of hydrogen-bond donors (Lipinski definition) is 0. The highest BCUT2D eigenvalue weighted by atomic mass is 17.2. The summed E-state index contributed by atoms with van der Waals surface area (Å²) in [6.07, 6.45) is 7.58. The van der Waals surface area contributed by atoms with Gasteiger partial charge < -0.3 is 47.8 Å². The van der Waals surface area contributed by atoms with Crippen molar-refractivity contribution in [1.29, 1.82) is 0 Å². The SMILES string of the molecule is C=CC(=O)OCOc1ccc(OOCC2CCC(C(=O)Oc3ccc(OOCCC(=O)Oc4ccc(OOCC5CCC(C(=O)Oc6ccc(OCOC(=O)C=C)cc6)CC5)c5ccccc45)c4ccccc34)CC2)cc1. The molecule has 2 aliphatic rings. The van der Waals surface area contributed by atoms with E-state index >= 15 is 0 Å². The highest BCUT2D eigenvalue weighted by Crippen LogP contribution is 2.38. The van der Waals surface area contributed by atoms with E-state index in [1.54, 1.807) is 72.8 Å². The molecule has 0 bridgehead atoms. The number of carbonyl (C=O) groups excluding carboxylic acids is 5. The van der Waals surface area contributed by atoms with E-state index < -0.39 is 17.9 Å². The van der Waals surface area contributed by atoms with Crippen LogP contribution in [0, 0.1) is 23.7 Å². The summed E-state index contributed by atoms with van der Waals surface area (Å²) in [4.78, 5) is 95.3. The van der Waals surface area contributed by atoms with E-state index in [2.05, 4.69) is 13.2 Å². The standard InChI is InChI=1S/C59H58O18/c1-3-55(60)67-37-65-43-21-25-45(26-22-43)72-58(63)41-17-13-40(14-18-41)36-71-77-54-31-29-51(47-9-5-7-11-49(47)54)73-57(62)33-34-69-76-53-32-30-52(48-10-6-8-12-50(48)53)74-59(64)42-19-15-39(16-20-42)35-70-75-46-27-23-44(24-28-46)66-38-68-56(61)4-2/h3-12,21-32,39-42H,1-2,13-20,33-38H2. The van der Waals surface area contributed by atoms with Crippen LogP contribution >= 0.6 is 0 Å². The molecule has 6 aromatic rings. The van der Waals surface area contributed by atoms with Crippen molar-refractivity contribution in [3.63, 3.8) is 0 Å². The molecule has 0 aromatic heterocycles. The lowest BCUT2D eigenvalue weighted by Gasteiger charge is -2.26. The second-order valence-corrected chi connectivity index (χ2v) is 18.2. The van der Waals surface area contributed by atoms with Gasteiger partial charge in [-0.2, -0.15) is 14.7 Å². The Morgan fingerprint density at radius 3 is 1.32 bits per heavy atom. The fourth-order valence-corrected chi connectivity index (χ4v) is 8.75. The van der Waals surface area contributed by atoms with E-state index in [0.29, 0.717) is 106 Å². The molecule has 0 atom stereocenters. The Morgan fingerprint density at radius 1 is 0.429 bits per heavy atom. The van der Waals surface area contributed by atoms with Gasteiger partial charge in [0.05, 0.1) is 31.5 Å². The Kier molecular flexibility index (Phi) is 19.9. The molecular weight excluding hydrogens is 997 g/mol. The third-order valence-electron chi connectivity index (χ3n) is 13.0. The van der Waals surface area contributed by atoms with Crippen LogP contribution in [-0.2, 0) is 48.1 Å². The molecule has 402 valence electrons. The number of benzene rings is 6. The van der Waals surface area contributed by atoms with Crippen LogP contribution in [0.2, 0.25) is 0 Å². The first-order chi connectivity index (χ1) is 37.6. The summed E-state index contributed by atoms with van der Waals surface area (Å²) in [5.41, 5.74) is 0. The predicted octanol–water partition coefficient (Wildman–Crippen LogP) is 10.9. The molecule has 18 nitrogen and oxygen atoms in total. The van der Waals surface area contributed by atoms with E-state index in [9.17, 15) is 24.0 Å². The molecule has 8 rings (SSSR count). The van der Waals surface area contributed by atoms with Gasteiger partial charge in [0.2, 0.25) is 13.6 Å². The molecular formula is C59H58O18. The number of hydrogen-bond acceptors (Lipinski definition) is 18. The van der Waals surface area contributed by atoms with Crippen molar-refractivity contribution in [1.82, 2.24) is 0 Å². The first-order valence-corrected chi connectivity index (χ1v) is 25.2. The van der Waals surface area contributed by atoms with Crippen LogP contribution in [0.15, 0.2) is 147 Å². The van der Waals surface area contributed by atoms with Crippen molar-refractivity contribution in [2.75, 3.05) is 33.4 Å². The lowest BCUT2D eigenvalue weighted by Crippen LogP contribution is -2.27. The van der Waals surface area contributed by atoms with Crippen LogP contribution in [0.1, 0.15) is 57.8 Å². The van der Waals surface area contributed by atoms with Crippen molar-refractivity contribution >= 4 is 51.4 Å². The summed E-state index contributed by atoms with van der Waals surface area (Å²) in [7, 11) is 0. The quantitative estimate of drug-likeness (QED) is 0.00942. The highest BCUT2D eigenvalue weighted by molar-refractivity contribution is 5.96. The summed E-state index contributed by atoms with van der Waals surface area (Å²) < 4.78 is 37.6. The second-order valence-electron chi connectivity index (χ2n) is 18.2. The van der Waals surface area contributed by atoms with Crippen LogP contribution in [0.5, 0.6) is 46.0 Å². The Hall–Kier alpha value is -8.45. The minimum atomic E-state index is -0.593. The molecule has 0 heterocycles. The molecule has 0 N–H and O–H groups in total. The molecule has 0 radical (unpaired) electrons. The van der Waals surface area contributed by atoms with Gasteiger partial charge in [-0.1, -0.05) is 61.7 Å². The normalized spacial score (nSPS) is 17.0. The molecule has 2 aliphatic carbocycles. The smallest absolute Gasteiger partial charge is 0.333 e. The van der Waals surface area contributed by atoms with Gasteiger partial charge in [0.25, 0.3) is 0 Å². The summed E-state index contributed by atoms with van der Waals surface area (Å²) in [6.45, 7) is 6.74. The molecule has 6 aromatic carbocycles. The highest BCUT2D eigenvalue weighted by Gasteiger charge is 2.30. The zero-order valence-electron chi connectivity index (χ0n) is 42.2. The van der Waals surface area contributed by atoms with Gasteiger partial charge in [0.15, 0.2) is 17.2 Å². The molecule has 18 heteroatoms. The fraction of sp³-hybridized carbons (Fsp3) is 0.305. The summed E-state index contributed by atoms with van der Waals surface area (Å²) in [5, 5.41) is 2.64. The summed E-state index contributed by atoms with van der Waals surface area (Å²) >= 11 is 0. The first-order valence-electron chi connectivity index (χ1n) is 25.2. The minimum absolute atomic E-state index is 0.108. The maximum atomic E-state index is 13.4. The van der Waals surface area contributed by atoms with Crippen LogP contribution in [0.3, 0.4) is 0 Å². The zero-order valence-corrected chi connectivity index (χ0v) is 42.2. The third-order valence-corrected chi connectivity index (χ3v) is 13.0. The van der Waals surface area contributed by atoms with E-state index in [4.69, 9.17) is 62.5 Å². The van der Waals surface area contributed by atoms with Crippen LogP contribution in [-0.4, -0.2) is 63.3 Å². The summed E-state index contributed by atoms with van der Waals surface area (Å²) in [5.74, 6) is 0.911. The van der Waals surface area contributed by atoms with Gasteiger partial charge in [-0.15, -0.1) is 0 Å². The zero-order chi connectivity index (χ0) is 53.8. The largest absolute Gasteiger partial charge is 0.457 e. The van der Waals surface area contributed by atoms with Gasteiger partial charge in [0, 0.05) is 33.7 Å². The average molecular weight is 1060 g/mol. The van der Waals surface area contributed by atoms with E-state index in [1.807, 2.05) is 48.5 Å². The maximum Gasteiger partial charge on any atom is 0.333 e. The van der Waals surface area contributed by atoms with Gasteiger partial charge >= 0.3 is 29.8 Å². The predicted molar refractivity (Wildman–Crippen MR) is 277 cm³/mol. The molecule has 2 fully saturated rings. The Morgan fingerprint density at radius 2 is 0.831 bits per heavy atom. The number of fused-ring (bicyclic) bond motifs is 2. The lowest BCUT2D eigenvalue weighted by molar-refractivity contribution is -0.218. The van der Waals surface area contributed by atoms with Crippen molar-refractivity contribution in [3.8, 4) is 46.0 Å². The Balaban J connectivity index is 0.722. The average Bonchev–Trinajstić information content (AvgIpc) is 3.46. The van der Waals surface area contributed by atoms with Gasteiger partial charge in [-0.25, -0.2) is 9.59 Å². The van der Waals surface area contributed by atoms with Crippen molar-refractivity contribution in [2.45, 2.75) is 57.8 Å². The molecule has 0 amide bonds. The van der Waals surface area contributed by atoms with E-state index in [-0.39, 0.29) is 62.2 Å². The summed E-state index contributed by atoms with van der Waals surface area (Å²) in [6, 6.07) is 34.4. The number of carbonyl (C=O) groups is 5. The second kappa shape index (κ2) is 27.9. The molecule has 0 spiro atoms. The Bertz CT molecular complexity index is 2970. The van der Waals surface area contributed by atoms with Gasteiger partial charge in [-0.05, 0) is 136 Å². The molecule has 2 saturated carbocycles. The molecule has 0 saturated heterocycles. The van der Waals surface area contributed by atoms with Gasteiger partial charge in [0.1, 0.15) is 35.4 Å². The van der Waals surface area contributed by atoms with Crippen molar-refractivity contribution in [2.24, 2.45) is 23.7 Å². The monoisotopic (exact) mass is 1050 g/mol. The molecule has 0 unspecified atom stereocenters. The van der Waals surface area contributed by atoms with E-state index in [1.165, 1.54) is 0 Å². The molecule has 0 aliphatic heterocycles. The number of rotatable bonds is 26. The lowest BCUT2D eigenvalue weighted by atomic mass is 9.82. The Labute approximate surface area is 444 Å². The maximum absolute atomic E-state index is 13.4. The number of ether oxygens (including phenoxy) is 7. The van der Waals surface area contributed by atoms with Gasteiger partial charge in [-0.3, -0.25) is 14.4 Å². The topological polar surface area (TPSA) is 205 Å². The van der Waals surface area contributed by atoms with Crippen LogP contribution in [0.4, 0.5) is 0 Å². The fourth-order valence-electron chi connectivity index (χ4n) is 8.75. The first kappa shape index (κ1) is 54.8.